The smallest absolute Gasteiger partial charge is 0.231 e. The fourth-order valence-corrected chi connectivity index (χ4v) is 3.46. The molecule has 2 amide bonds. The Bertz CT molecular complexity index is 905. The highest BCUT2D eigenvalue weighted by atomic mass is 79.9. The Morgan fingerprint density at radius 3 is 2.81 bits per heavy atom. The van der Waals surface area contributed by atoms with E-state index in [4.69, 9.17) is 9.47 Å². The molecule has 0 saturated carbocycles. The fraction of sp³-hybridized carbons (Fsp3) is 0.222. The van der Waals surface area contributed by atoms with Crippen LogP contribution in [-0.4, -0.2) is 25.2 Å². The molecule has 1 saturated heterocycles. The summed E-state index contributed by atoms with van der Waals surface area (Å²) in [6.07, 6.45) is 0.110. The van der Waals surface area contributed by atoms with Crippen LogP contribution in [0.1, 0.15) is 6.42 Å². The number of hydrogen-bond donors (Lipinski definition) is 1. The first-order chi connectivity index (χ1) is 12.5. The van der Waals surface area contributed by atoms with E-state index in [0.717, 1.165) is 0 Å². The van der Waals surface area contributed by atoms with Crippen molar-refractivity contribution in [2.45, 2.75) is 6.42 Å². The van der Waals surface area contributed by atoms with E-state index in [1.54, 1.807) is 23.1 Å². The number of halogens is 2. The lowest BCUT2D eigenvalue weighted by molar-refractivity contribution is -0.122. The number of fused-ring (bicyclic) bond motifs is 1. The first kappa shape index (κ1) is 16.8. The van der Waals surface area contributed by atoms with Crippen molar-refractivity contribution in [3.8, 4) is 11.5 Å². The molecule has 1 fully saturated rings. The number of ether oxygens (including phenoxy) is 2. The molecule has 1 N–H and O–H groups in total. The molecule has 0 bridgehead atoms. The number of carbonyl (C=O) groups excluding carboxylic acids is 2. The number of carbonyl (C=O) groups is 2. The minimum absolute atomic E-state index is 0.110. The normalized spacial score (nSPS) is 18.3. The molecule has 0 spiro atoms. The second-order valence-corrected chi connectivity index (χ2v) is 6.91. The predicted molar refractivity (Wildman–Crippen MR) is 95.8 cm³/mol. The van der Waals surface area contributed by atoms with E-state index in [1.165, 1.54) is 18.2 Å². The third-order valence-electron chi connectivity index (χ3n) is 4.35. The van der Waals surface area contributed by atoms with E-state index in [2.05, 4.69) is 21.2 Å². The Kier molecular flexibility index (Phi) is 4.28. The molecule has 2 aliphatic heterocycles. The van der Waals surface area contributed by atoms with Crippen molar-refractivity contribution in [1.29, 1.82) is 0 Å². The largest absolute Gasteiger partial charge is 0.454 e. The lowest BCUT2D eigenvalue weighted by Gasteiger charge is -2.17. The van der Waals surface area contributed by atoms with Gasteiger partial charge in [0.2, 0.25) is 18.6 Å². The second kappa shape index (κ2) is 6.60. The zero-order valence-corrected chi connectivity index (χ0v) is 15.1. The molecule has 2 aromatic carbocycles. The molecule has 26 heavy (non-hydrogen) atoms. The van der Waals surface area contributed by atoms with E-state index >= 15 is 0 Å². The molecule has 0 radical (unpaired) electrons. The van der Waals surface area contributed by atoms with Crippen molar-refractivity contribution in [3.05, 3.63) is 46.7 Å². The standard InChI is InChI=1S/C18H14BrFN2O4/c19-13-6-11(20)1-3-14(13)21-18(24)10-5-17(23)22(8-10)12-2-4-15-16(7-12)26-9-25-15/h1-4,6-7,10H,5,8-9H2,(H,21,24). The maximum atomic E-state index is 13.2. The number of nitrogens with zero attached hydrogens (tertiary/aromatic N) is 1. The van der Waals surface area contributed by atoms with Crippen LogP contribution >= 0.6 is 15.9 Å². The molecule has 8 heteroatoms. The van der Waals surface area contributed by atoms with Gasteiger partial charge in [0.05, 0.1) is 11.6 Å². The van der Waals surface area contributed by atoms with Crippen LogP contribution in [0.4, 0.5) is 15.8 Å². The quantitative estimate of drug-likeness (QED) is 0.826. The zero-order chi connectivity index (χ0) is 18.3. The van der Waals surface area contributed by atoms with Crippen molar-refractivity contribution < 1.29 is 23.5 Å². The van der Waals surface area contributed by atoms with Crippen LogP contribution in [0.3, 0.4) is 0 Å². The minimum atomic E-state index is -0.495. The Hall–Kier alpha value is -2.61. The number of anilines is 2. The van der Waals surface area contributed by atoms with E-state index in [0.29, 0.717) is 27.3 Å². The maximum absolute atomic E-state index is 13.2. The summed E-state index contributed by atoms with van der Waals surface area (Å²) in [5, 5.41) is 2.74. The highest BCUT2D eigenvalue weighted by Gasteiger charge is 2.36. The van der Waals surface area contributed by atoms with Gasteiger partial charge < -0.3 is 19.7 Å². The first-order valence-electron chi connectivity index (χ1n) is 7.97. The number of hydrogen-bond acceptors (Lipinski definition) is 4. The van der Waals surface area contributed by atoms with Crippen LogP contribution < -0.4 is 19.7 Å². The van der Waals surface area contributed by atoms with Gasteiger partial charge in [0.25, 0.3) is 0 Å². The topological polar surface area (TPSA) is 67.9 Å². The second-order valence-electron chi connectivity index (χ2n) is 6.06. The molecule has 0 aromatic heterocycles. The van der Waals surface area contributed by atoms with Crippen LogP contribution in [0.5, 0.6) is 11.5 Å². The summed E-state index contributed by atoms with van der Waals surface area (Å²) in [4.78, 5) is 26.4. The van der Waals surface area contributed by atoms with Crippen LogP contribution in [0.15, 0.2) is 40.9 Å². The number of nitrogens with one attached hydrogen (secondary N) is 1. The Labute approximate surface area is 157 Å². The Morgan fingerprint density at radius 2 is 2.00 bits per heavy atom. The van der Waals surface area contributed by atoms with Crippen LogP contribution in [0.2, 0.25) is 0 Å². The van der Waals surface area contributed by atoms with Crippen LogP contribution in [0.25, 0.3) is 0 Å². The van der Waals surface area contributed by atoms with Gasteiger partial charge in [-0.05, 0) is 46.3 Å². The lowest BCUT2D eigenvalue weighted by Crippen LogP contribution is -2.28. The third-order valence-corrected chi connectivity index (χ3v) is 5.01. The van der Waals surface area contributed by atoms with E-state index in [-0.39, 0.29) is 31.6 Å². The van der Waals surface area contributed by atoms with Gasteiger partial charge in [-0.3, -0.25) is 9.59 Å². The summed E-state index contributed by atoms with van der Waals surface area (Å²) in [5.74, 6) is -0.102. The highest BCUT2D eigenvalue weighted by molar-refractivity contribution is 9.10. The van der Waals surface area contributed by atoms with Gasteiger partial charge in [0.1, 0.15) is 5.82 Å². The summed E-state index contributed by atoms with van der Waals surface area (Å²) in [7, 11) is 0. The maximum Gasteiger partial charge on any atom is 0.231 e. The molecule has 2 aromatic rings. The van der Waals surface area contributed by atoms with Crippen molar-refractivity contribution >= 4 is 39.1 Å². The molecule has 6 nitrogen and oxygen atoms in total. The third kappa shape index (κ3) is 3.12. The van der Waals surface area contributed by atoms with E-state index in [9.17, 15) is 14.0 Å². The van der Waals surface area contributed by atoms with Crippen LogP contribution in [-0.2, 0) is 9.59 Å². The predicted octanol–water partition coefficient (Wildman–Crippen LogP) is 3.31. The Morgan fingerprint density at radius 1 is 1.19 bits per heavy atom. The molecule has 134 valence electrons. The number of rotatable bonds is 3. The molecule has 1 atom stereocenters. The van der Waals surface area contributed by atoms with E-state index in [1.807, 2.05) is 0 Å². The molecule has 4 rings (SSSR count). The summed E-state index contributed by atoms with van der Waals surface area (Å²) in [5.41, 5.74) is 1.13. The molecule has 2 heterocycles. The van der Waals surface area contributed by atoms with Gasteiger partial charge >= 0.3 is 0 Å². The summed E-state index contributed by atoms with van der Waals surface area (Å²) >= 11 is 3.22. The Balaban J connectivity index is 1.48. The lowest BCUT2D eigenvalue weighted by atomic mass is 10.1. The molecular weight excluding hydrogens is 407 g/mol. The molecular formula is C18H14BrFN2O4. The van der Waals surface area contributed by atoms with Crippen LogP contribution in [0, 0.1) is 11.7 Å². The van der Waals surface area contributed by atoms with Crippen molar-refractivity contribution in [3.63, 3.8) is 0 Å². The fourth-order valence-electron chi connectivity index (χ4n) is 3.01. The van der Waals surface area contributed by atoms with Gasteiger partial charge in [-0.25, -0.2) is 4.39 Å². The van der Waals surface area contributed by atoms with Gasteiger partial charge in [-0.1, -0.05) is 0 Å². The van der Waals surface area contributed by atoms with Gasteiger partial charge in [-0.15, -0.1) is 0 Å². The van der Waals surface area contributed by atoms with Crippen molar-refractivity contribution in [2.24, 2.45) is 5.92 Å². The molecule has 1 unspecified atom stereocenters. The summed E-state index contributed by atoms with van der Waals surface area (Å²) < 4.78 is 24.2. The van der Waals surface area contributed by atoms with E-state index < -0.39 is 11.7 Å². The average molecular weight is 421 g/mol. The van der Waals surface area contributed by atoms with Gasteiger partial charge in [-0.2, -0.15) is 0 Å². The average Bonchev–Trinajstić information content (AvgIpc) is 3.23. The molecule has 2 aliphatic rings. The number of benzene rings is 2. The summed E-state index contributed by atoms with van der Waals surface area (Å²) in [6, 6.07) is 9.25. The minimum Gasteiger partial charge on any atom is -0.454 e. The summed E-state index contributed by atoms with van der Waals surface area (Å²) in [6.45, 7) is 0.424. The van der Waals surface area contributed by atoms with Gasteiger partial charge in [0, 0.05) is 29.2 Å². The monoisotopic (exact) mass is 420 g/mol. The zero-order valence-electron chi connectivity index (χ0n) is 13.5. The van der Waals surface area contributed by atoms with Crippen molar-refractivity contribution in [1.82, 2.24) is 0 Å². The number of amides is 2. The van der Waals surface area contributed by atoms with Crippen molar-refractivity contribution in [2.75, 3.05) is 23.6 Å². The van der Waals surface area contributed by atoms with Gasteiger partial charge in [0.15, 0.2) is 11.5 Å². The molecule has 0 aliphatic carbocycles. The highest BCUT2D eigenvalue weighted by Crippen LogP contribution is 2.37. The SMILES string of the molecule is O=C(Nc1ccc(F)cc1Br)C1CC(=O)N(c2ccc3c(c2)OCO3)C1. The first-order valence-corrected chi connectivity index (χ1v) is 8.76.